The van der Waals surface area contributed by atoms with Gasteiger partial charge in [-0.15, -0.1) is 0 Å². The molecule has 2 N–H and O–H groups in total. The van der Waals surface area contributed by atoms with E-state index in [1.807, 2.05) is 5.32 Å². The van der Waals surface area contributed by atoms with Gasteiger partial charge >= 0.3 is 6.03 Å². The first kappa shape index (κ1) is 11.8. The normalized spacial score (nSPS) is 18.2. The lowest BCUT2D eigenvalue weighted by Gasteiger charge is -2.22. The molecule has 1 aromatic carbocycles. The number of benzene rings is 1. The molecule has 0 saturated carbocycles. The molecule has 6 nitrogen and oxygen atoms in total. The number of hydrogen-bond acceptors (Lipinski definition) is 4. The van der Waals surface area contributed by atoms with Crippen molar-refractivity contribution in [1.82, 2.24) is 10.2 Å². The standard InChI is InChI=1S/C12H10N2O4/c1-14-11(17)9(10(16)13-12(14)18)6-7-3-2-4-8(15)5-7/h2-6,15H,1H3,(H,13,16,18). The summed E-state index contributed by atoms with van der Waals surface area (Å²) in [5.41, 5.74) is 0.346. The number of urea groups is 1. The predicted molar refractivity (Wildman–Crippen MR) is 62.4 cm³/mol. The maximum Gasteiger partial charge on any atom is 0.331 e. The number of imide groups is 2. The van der Waals surface area contributed by atoms with E-state index >= 15 is 0 Å². The second kappa shape index (κ2) is 4.33. The van der Waals surface area contributed by atoms with Gasteiger partial charge in [0.15, 0.2) is 0 Å². The van der Waals surface area contributed by atoms with E-state index in [0.29, 0.717) is 5.56 Å². The topological polar surface area (TPSA) is 86.7 Å². The Hall–Kier alpha value is -2.63. The number of carbonyl (C=O) groups excluding carboxylic acids is 3. The highest BCUT2D eigenvalue weighted by molar-refractivity contribution is 6.30. The number of carbonyl (C=O) groups is 3. The van der Waals surface area contributed by atoms with Crippen LogP contribution in [-0.2, 0) is 9.59 Å². The molecule has 1 saturated heterocycles. The fourth-order valence-electron chi connectivity index (χ4n) is 1.53. The van der Waals surface area contributed by atoms with Crippen molar-refractivity contribution in [3.8, 4) is 5.75 Å². The van der Waals surface area contributed by atoms with Crippen molar-refractivity contribution in [2.45, 2.75) is 0 Å². The number of amides is 4. The van der Waals surface area contributed by atoms with Gasteiger partial charge in [0.05, 0.1) is 0 Å². The van der Waals surface area contributed by atoms with E-state index in [1.54, 1.807) is 12.1 Å². The molecule has 92 valence electrons. The van der Waals surface area contributed by atoms with E-state index in [-0.39, 0.29) is 11.3 Å². The lowest BCUT2D eigenvalue weighted by molar-refractivity contribution is -0.129. The Morgan fingerprint density at radius 3 is 2.67 bits per heavy atom. The molecule has 1 aliphatic heterocycles. The molecule has 0 aromatic heterocycles. The van der Waals surface area contributed by atoms with Gasteiger partial charge in [-0.25, -0.2) is 4.79 Å². The van der Waals surface area contributed by atoms with Gasteiger partial charge in [-0.05, 0) is 23.8 Å². The monoisotopic (exact) mass is 246 g/mol. The summed E-state index contributed by atoms with van der Waals surface area (Å²) in [5.74, 6) is -1.39. The van der Waals surface area contributed by atoms with Gasteiger partial charge < -0.3 is 5.11 Å². The minimum Gasteiger partial charge on any atom is -0.508 e. The Morgan fingerprint density at radius 2 is 2.00 bits per heavy atom. The predicted octanol–water partition coefficient (Wildman–Crippen LogP) is 0.484. The highest BCUT2D eigenvalue weighted by Gasteiger charge is 2.32. The zero-order valence-electron chi connectivity index (χ0n) is 9.51. The number of hydrogen-bond donors (Lipinski definition) is 2. The zero-order valence-corrected chi connectivity index (χ0v) is 9.51. The van der Waals surface area contributed by atoms with Gasteiger partial charge in [-0.1, -0.05) is 12.1 Å². The molecule has 1 fully saturated rings. The van der Waals surface area contributed by atoms with Crippen LogP contribution in [0.3, 0.4) is 0 Å². The van der Waals surface area contributed by atoms with Crippen molar-refractivity contribution in [1.29, 1.82) is 0 Å². The minimum atomic E-state index is -0.752. The van der Waals surface area contributed by atoms with Crippen molar-refractivity contribution in [3.63, 3.8) is 0 Å². The van der Waals surface area contributed by atoms with Gasteiger partial charge in [0.25, 0.3) is 11.8 Å². The summed E-state index contributed by atoms with van der Waals surface area (Å²) in [4.78, 5) is 35.3. The van der Waals surface area contributed by atoms with E-state index in [1.165, 1.54) is 25.3 Å². The SMILES string of the molecule is CN1C(=O)NC(=O)C(=Cc2cccc(O)c2)C1=O. The second-order valence-corrected chi connectivity index (χ2v) is 3.78. The van der Waals surface area contributed by atoms with Gasteiger partial charge in [0.2, 0.25) is 0 Å². The maximum absolute atomic E-state index is 11.7. The highest BCUT2D eigenvalue weighted by atomic mass is 16.3. The van der Waals surface area contributed by atoms with Crippen LogP contribution in [-0.4, -0.2) is 34.9 Å². The first-order valence-corrected chi connectivity index (χ1v) is 5.13. The molecule has 6 heteroatoms. The number of nitrogens with one attached hydrogen (secondary N) is 1. The van der Waals surface area contributed by atoms with Crippen LogP contribution in [0.25, 0.3) is 6.08 Å². The Labute approximate surface area is 103 Å². The van der Waals surface area contributed by atoms with Crippen LogP contribution in [0.5, 0.6) is 5.75 Å². The van der Waals surface area contributed by atoms with E-state index < -0.39 is 17.8 Å². The lowest BCUT2D eigenvalue weighted by atomic mass is 10.1. The number of likely N-dealkylation sites (N-methyl/N-ethyl adjacent to an activating group) is 1. The molecular formula is C12H10N2O4. The highest BCUT2D eigenvalue weighted by Crippen LogP contribution is 2.16. The van der Waals surface area contributed by atoms with Crippen LogP contribution in [0.2, 0.25) is 0 Å². The fourth-order valence-corrected chi connectivity index (χ4v) is 1.53. The summed E-state index contributed by atoms with van der Waals surface area (Å²) in [6, 6.07) is 5.34. The van der Waals surface area contributed by atoms with E-state index in [0.717, 1.165) is 4.90 Å². The van der Waals surface area contributed by atoms with E-state index in [4.69, 9.17) is 0 Å². The van der Waals surface area contributed by atoms with Crippen LogP contribution in [0, 0.1) is 0 Å². The van der Waals surface area contributed by atoms with Gasteiger partial charge in [-0.3, -0.25) is 19.8 Å². The Morgan fingerprint density at radius 1 is 1.28 bits per heavy atom. The van der Waals surface area contributed by atoms with Crippen LogP contribution in [0.15, 0.2) is 29.8 Å². The number of nitrogens with zero attached hydrogens (tertiary/aromatic N) is 1. The summed E-state index contributed by atoms with van der Waals surface area (Å²) in [6.45, 7) is 0. The van der Waals surface area contributed by atoms with Crippen LogP contribution in [0.1, 0.15) is 5.56 Å². The van der Waals surface area contributed by atoms with Crippen LogP contribution >= 0.6 is 0 Å². The van der Waals surface area contributed by atoms with Crippen molar-refractivity contribution < 1.29 is 19.5 Å². The lowest BCUT2D eigenvalue weighted by Crippen LogP contribution is -2.52. The van der Waals surface area contributed by atoms with Gasteiger partial charge in [0, 0.05) is 7.05 Å². The smallest absolute Gasteiger partial charge is 0.331 e. The van der Waals surface area contributed by atoms with Gasteiger partial charge in [-0.2, -0.15) is 0 Å². The number of phenols is 1. The zero-order chi connectivity index (χ0) is 13.3. The Bertz CT molecular complexity index is 577. The summed E-state index contributed by atoms with van der Waals surface area (Å²) in [5, 5.41) is 11.3. The van der Waals surface area contributed by atoms with E-state index in [2.05, 4.69) is 0 Å². The quantitative estimate of drug-likeness (QED) is 0.557. The van der Waals surface area contributed by atoms with Gasteiger partial charge in [0.1, 0.15) is 11.3 Å². The van der Waals surface area contributed by atoms with Crippen LogP contribution in [0.4, 0.5) is 4.79 Å². The molecule has 0 unspecified atom stereocenters. The summed E-state index contributed by atoms with van der Waals surface area (Å²) in [7, 11) is 1.28. The summed E-state index contributed by atoms with van der Waals surface area (Å²) >= 11 is 0. The average Bonchev–Trinajstić information content (AvgIpc) is 2.32. The first-order valence-electron chi connectivity index (χ1n) is 5.13. The van der Waals surface area contributed by atoms with Crippen molar-refractivity contribution >= 4 is 23.9 Å². The first-order chi connectivity index (χ1) is 8.49. The van der Waals surface area contributed by atoms with Crippen LogP contribution < -0.4 is 5.32 Å². The molecule has 2 rings (SSSR count). The number of aromatic hydroxyl groups is 1. The molecule has 0 spiro atoms. The third-order valence-electron chi connectivity index (χ3n) is 2.49. The molecule has 1 heterocycles. The van der Waals surface area contributed by atoms with Crippen molar-refractivity contribution in [2.24, 2.45) is 0 Å². The number of phenolic OH excluding ortho intramolecular Hbond substituents is 1. The molecule has 1 aromatic rings. The molecule has 0 radical (unpaired) electrons. The number of rotatable bonds is 1. The third kappa shape index (κ3) is 2.08. The average molecular weight is 246 g/mol. The Kier molecular flexibility index (Phi) is 2.85. The molecule has 18 heavy (non-hydrogen) atoms. The Balaban J connectivity index is 2.40. The van der Waals surface area contributed by atoms with Crippen molar-refractivity contribution in [3.05, 3.63) is 35.4 Å². The molecular weight excluding hydrogens is 236 g/mol. The largest absolute Gasteiger partial charge is 0.508 e. The molecule has 0 atom stereocenters. The molecule has 1 aliphatic rings. The molecule has 0 bridgehead atoms. The summed E-state index contributed by atoms with van der Waals surface area (Å²) in [6.07, 6.45) is 1.32. The fraction of sp³-hybridized carbons (Fsp3) is 0.0833. The van der Waals surface area contributed by atoms with E-state index in [9.17, 15) is 19.5 Å². The maximum atomic E-state index is 11.7. The molecule has 0 aliphatic carbocycles. The molecule has 4 amide bonds. The number of barbiturate groups is 1. The summed E-state index contributed by atoms with van der Waals surface area (Å²) < 4.78 is 0. The third-order valence-corrected chi connectivity index (χ3v) is 2.49. The second-order valence-electron chi connectivity index (χ2n) is 3.78. The minimum absolute atomic E-state index is 0.0254. The van der Waals surface area contributed by atoms with Crippen molar-refractivity contribution in [2.75, 3.05) is 7.05 Å².